The van der Waals surface area contributed by atoms with Crippen LogP contribution in [0.4, 0.5) is 0 Å². The highest BCUT2D eigenvalue weighted by molar-refractivity contribution is 6.30. The molecule has 0 aliphatic carbocycles. The number of nitrogens with one attached hydrogen (secondary N) is 1. The summed E-state index contributed by atoms with van der Waals surface area (Å²) in [5.41, 5.74) is 3.56. The molecule has 0 saturated heterocycles. The number of carbonyl (C=O) groups excluding carboxylic acids is 1. The smallest absolute Gasteiger partial charge is 0.244 e. The molecule has 2 aromatic carbocycles. The average Bonchev–Trinajstić information content (AvgIpc) is 2.52. The Bertz CT molecular complexity index is 711. The first-order valence-corrected chi connectivity index (χ1v) is 8.53. The van der Waals surface area contributed by atoms with Crippen molar-refractivity contribution in [2.24, 2.45) is 0 Å². The number of hydrogen-bond donors (Lipinski definition) is 1. The van der Waals surface area contributed by atoms with E-state index in [1.54, 1.807) is 6.08 Å². The van der Waals surface area contributed by atoms with Gasteiger partial charge in [-0.3, -0.25) is 4.79 Å². The Morgan fingerprint density at radius 1 is 1.12 bits per heavy atom. The number of rotatable bonds is 5. The molecule has 0 aliphatic rings. The Balaban J connectivity index is 1.82. The zero-order valence-corrected chi connectivity index (χ0v) is 15.2. The largest absolute Gasteiger partial charge is 0.352 e. The first kappa shape index (κ1) is 18.3. The molecule has 0 fully saturated rings. The Kier molecular flexibility index (Phi) is 6.22. The fourth-order valence-electron chi connectivity index (χ4n) is 2.35. The van der Waals surface area contributed by atoms with Crippen LogP contribution in [0.25, 0.3) is 6.08 Å². The molecule has 1 amide bonds. The van der Waals surface area contributed by atoms with Crippen molar-refractivity contribution in [3.05, 3.63) is 76.3 Å². The summed E-state index contributed by atoms with van der Waals surface area (Å²) in [5.74, 6) is -0.0862. The highest BCUT2D eigenvalue weighted by Gasteiger charge is 2.12. The van der Waals surface area contributed by atoms with Gasteiger partial charge >= 0.3 is 0 Å². The Labute approximate surface area is 149 Å². The van der Waals surface area contributed by atoms with Crippen molar-refractivity contribution in [1.82, 2.24) is 5.32 Å². The van der Waals surface area contributed by atoms with E-state index in [2.05, 4.69) is 38.2 Å². The quantitative estimate of drug-likeness (QED) is 0.761. The van der Waals surface area contributed by atoms with Crippen LogP contribution in [-0.4, -0.2) is 12.5 Å². The Morgan fingerprint density at radius 3 is 2.46 bits per heavy atom. The Hall–Kier alpha value is -2.06. The van der Waals surface area contributed by atoms with E-state index in [1.165, 1.54) is 5.56 Å². The number of amides is 1. The van der Waals surface area contributed by atoms with Crippen molar-refractivity contribution in [2.45, 2.75) is 32.6 Å². The van der Waals surface area contributed by atoms with Crippen LogP contribution < -0.4 is 5.32 Å². The predicted molar refractivity (Wildman–Crippen MR) is 102 cm³/mol. The van der Waals surface area contributed by atoms with Gasteiger partial charge in [0.15, 0.2) is 0 Å². The van der Waals surface area contributed by atoms with Crippen LogP contribution in [0.1, 0.15) is 37.5 Å². The molecular formula is C21H24ClNO. The van der Waals surface area contributed by atoms with Gasteiger partial charge in [-0.05, 0) is 46.7 Å². The minimum absolute atomic E-state index is 0.0862. The monoisotopic (exact) mass is 341 g/mol. The molecule has 0 unspecified atom stereocenters. The first-order chi connectivity index (χ1) is 11.3. The van der Waals surface area contributed by atoms with Gasteiger partial charge in [-0.15, -0.1) is 0 Å². The molecule has 0 spiro atoms. The third-order valence-corrected chi connectivity index (χ3v) is 4.04. The molecule has 2 aromatic rings. The van der Waals surface area contributed by atoms with E-state index < -0.39 is 0 Å². The maximum absolute atomic E-state index is 11.9. The maximum atomic E-state index is 11.9. The molecule has 0 saturated carbocycles. The molecule has 2 rings (SSSR count). The van der Waals surface area contributed by atoms with Crippen LogP contribution in [0.5, 0.6) is 0 Å². The van der Waals surface area contributed by atoms with E-state index in [1.807, 2.05) is 42.5 Å². The van der Waals surface area contributed by atoms with E-state index in [9.17, 15) is 4.79 Å². The van der Waals surface area contributed by atoms with Gasteiger partial charge in [0.2, 0.25) is 5.91 Å². The van der Waals surface area contributed by atoms with E-state index >= 15 is 0 Å². The third-order valence-electron chi connectivity index (χ3n) is 3.81. The minimum atomic E-state index is -0.0862. The van der Waals surface area contributed by atoms with Gasteiger partial charge in [0.05, 0.1) is 0 Å². The first-order valence-electron chi connectivity index (χ1n) is 8.15. The molecule has 1 N–H and O–H groups in total. The van der Waals surface area contributed by atoms with Crippen molar-refractivity contribution in [2.75, 3.05) is 6.54 Å². The van der Waals surface area contributed by atoms with E-state index in [4.69, 9.17) is 11.6 Å². The molecule has 0 heterocycles. The van der Waals surface area contributed by atoms with Crippen molar-refractivity contribution in [3.8, 4) is 0 Å². The molecule has 126 valence electrons. The number of carbonyl (C=O) groups is 1. The molecule has 0 aromatic heterocycles. The summed E-state index contributed by atoms with van der Waals surface area (Å²) in [5, 5.41) is 3.61. The highest BCUT2D eigenvalue weighted by Crippen LogP contribution is 2.22. The van der Waals surface area contributed by atoms with Crippen molar-refractivity contribution < 1.29 is 4.79 Å². The lowest BCUT2D eigenvalue weighted by Crippen LogP contribution is -2.23. The van der Waals surface area contributed by atoms with Crippen LogP contribution in [0.15, 0.2) is 54.6 Å². The summed E-state index contributed by atoms with van der Waals surface area (Å²) < 4.78 is 0. The fraction of sp³-hybridized carbons (Fsp3) is 0.286. The maximum Gasteiger partial charge on any atom is 0.244 e. The van der Waals surface area contributed by atoms with Crippen LogP contribution in [0.2, 0.25) is 5.02 Å². The standard InChI is InChI=1S/C21H24ClNO/c1-21(2,3)18-10-7-16(8-11-18)9-12-20(24)23-14-13-17-5-4-6-19(22)15-17/h4-12,15H,13-14H2,1-3H3,(H,23,24). The van der Waals surface area contributed by atoms with E-state index in [0.29, 0.717) is 6.54 Å². The molecular weight excluding hydrogens is 318 g/mol. The summed E-state index contributed by atoms with van der Waals surface area (Å²) in [4.78, 5) is 11.9. The second-order valence-corrected chi connectivity index (χ2v) is 7.31. The van der Waals surface area contributed by atoms with E-state index in [-0.39, 0.29) is 11.3 Å². The summed E-state index contributed by atoms with van der Waals surface area (Å²) >= 11 is 5.94. The second kappa shape index (κ2) is 8.16. The van der Waals surface area contributed by atoms with Crippen LogP contribution in [0, 0.1) is 0 Å². The van der Waals surface area contributed by atoms with Crippen molar-refractivity contribution >= 4 is 23.6 Å². The van der Waals surface area contributed by atoms with Crippen LogP contribution in [0.3, 0.4) is 0 Å². The van der Waals surface area contributed by atoms with Gasteiger partial charge < -0.3 is 5.32 Å². The minimum Gasteiger partial charge on any atom is -0.352 e. The van der Waals surface area contributed by atoms with Crippen LogP contribution in [-0.2, 0) is 16.6 Å². The second-order valence-electron chi connectivity index (χ2n) is 6.88. The SMILES string of the molecule is CC(C)(C)c1ccc(C=CC(=O)NCCc2cccc(Cl)c2)cc1. The number of halogens is 1. The number of hydrogen-bond acceptors (Lipinski definition) is 1. The zero-order chi connectivity index (χ0) is 17.6. The van der Waals surface area contributed by atoms with Crippen LogP contribution >= 0.6 is 11.6 Å². The van der Waals surface area contributed by atoms with Crippen molar-refractivity contribution in [1.29, 1.82) is 0 Å². The van der Waals surface area contributed by atoms with E-state index in [0.717, 1.165) is 22.6 Å². The molecule has 0 atom stereocenters. The molecule has 0 bridgehead atoms. The summed E-state index contributed by atoms with van der Waals surface area (Å²) in [6.45, 7) is 7.15. The fourth-order valence-corrected chi connectivity index (χ4v) is 2.56. The highest BCUT2D eigenvalue weighted by atomic mass is 35.5. The summed E-state index contributed by atoms with van der Waals surface area (Å²) in [6, 6.07) is 16.0. The average molecular weight is 342 g/mol. The lowest BCUT2D eigenvalue weighted by Gasteiger charge is -2.18. The van der Waals surface area contributed by atoms with Gasteiger partial charge in [0.1, 0.15) is 0 Å². The lowest BCUT2D eigenvalue weighted by atomic mass is 9.87. The zero-order valence-electron chi connectivity index (χ0n) is 14.5. The van der Waals surface area contributed by atoms with Crippen molar-refractivity contribution in [3.63, 3.8) is 0 Å². The normalized spacial score (nSPS) is 11.7. The van der Waals surface area contributed by atoms with Gasteiger partial charge in [-0.25, -0.2) is 0 Å². The molecule has 0 aliphatic heterocycles. The predicted octanol–water partition coefficient (Wildman–Crippen LogP) is 5.01. The molecule has 3 heteroatoms. The summed E-state index contributed by atoms with van der Waals surface area (Å²) in [6.07, 6.45) is 4.17. The van der Waals surface area contributed by atoms with Gasteiger partial charge in [-0.2, -0.15) is 0 Å². The van der Waals surface area contributed by atoms with Gasteiger partial charge in [0, 0.05) is 17.6 Å². The van der Waals surface area contributed by atoms with Gasteiger partial charge in [0.25, 0.3) is 0 Å². The topological polar surface area (TPSA) is 29.1 Å². The van der Waals surface area contributed by atoms with Gasteiger partial charge in [-0.1, -0.05) is 68.8 Å². The lowest BCUT2D eigenvalue weighted by molar-refractivity contribution is -0.116. The molecule has 2 nitrogen and oxygen atoms in total. The summed E-state index contributed by atoms with van der Waals surface area (Å²) in [7, 11) is 0. The number of benzene rings is 2. The molecule has 24 heavy (non-hydrogen) atoms. The third kappa shape index (κ3) is 5.86. The molecule has 0 radical (unpaired) electrons. The Morgan fingerprint density at radius 2 is 1.83 bits per heavy atom.